The molecule has 5 N–H and O–H groups in total. The summed E-state index contributed by atoms with van der Waals surface area (Å²) in [6.45, 7) is 3.48. The summed E-state index contributed by atoms with van der Waals surface area (Å²) in [6.07, 6.45) is 0.762. The third kappa shape index (κ3) is 7.02. The van der Waals surface area contributed by atoms with Crippen molar-refractivity contribution >= 4 is 12.0 Å². The predicted molar refractivity (Wildman–Crippen MR) is 58.2 cm³/mol. The summed E-state index contributed by atoms with van der Waals surface area (Å²) in [5, 5.41) is 24.9. The molecule has 0 aliphatic carbocycles. The molecule has 0 rings (SSSR count). The van der Waals surface area contributed by atoms with E-state index in [-0.39, 0.29) is 0 Å². The molecule has 0 fully saturated rings. The van der Waals surface area contributed by atoms with Crippen LogP contribution in [0.2, 0.25) is 0 Å². The van der Waals surface area contributed by atoms with Crippen LogP contribution in [0.25, 0.3) is 0 Å². The molecule has 0 spiro atoms. The maximum Gasteiger partial charge on any atom is 0.328 e. The first-order valence-corrected chi connectivity index (χ1v) is 5.20. The molecule has 0 saturated carbocycles. The summed E-state index contributed by atoms with van der Waals surface area (Å²) in [7, 11) is 0. The second-order valence-corrected chi connectivity index (χ2v) is 3.18. The van der Waals surface area contributed by atoms with E-state index in [9.17, 15) is 9.59 Å². The summed E-state index contributed by atoms with van der Waals surface area (Å²) >= 11 is 0. The fraction of sp³-hybridized carbons (Fsp3) is 0.778. The largest absolute Gasteiger partial charge is 0.480 e. The molecule has 0 heterocycles. The lowest BCUT2D eigenvalue weighted by Crippen LogP contribution is -2.48. The molecular weight excluding hydrogens is 214 g/mol. The van der Waals surface area contributed by atoms with Crippen molar-refractivity contribution in [2.24, 2.45) is 0 Å². The van der Waals surface area contributed by atoms with Crippen LogP contribution in [0.5, 0.6) is 0 Å². The highest BCUT2D eigenvalue weighted by Crippen LogP contribution is 1.82. The monoisotopic (exact) mass is 233 g/mol. The number of nitrogens with one attached hydrogen (secondary N) is 3. The molecule has 0 aliphatic heterocycles. The summed E-state index contributed by atoms with van der Waals surface area (Å²) in [5.74, 6) is -1.26. The molecule has 2 amide bonds. The molecule has 94 valence electrons. The lowest BCUT2D eigenvalue weighted by molar-refractivity contribution is -0.140. The van der Waals surface area contributed by atoms with Crippen LogP contribution in [0, 0.1) is 0 Å². The van der Waals surface area contributed by atoms with Crippen molar-refractivity contribution in [3.05, 3.63) is 0 Å². The van der Waals surface area contributed by atoms with E-state index in [2.05, 4.69) is 16.0 Å². The number of amides is 2. The highest BCUT2D eigenvalue weighted by Gasteiger charge is 2.17. The third-order valence-electron chi connectivity index (χ3n) is 1.85. The van der Waals surface area contributed by atoms with Crippen molar-refractivity contribution in [1.29, 1.82) is 0 Å². The Balaban J connectivity index is 3.61. The summed E-state index contributed by atoms with van der Waals surface area (Å²) in [5.41, 5.74) is 0. The molecule has 7 nitrogen and oxygen atoms in total. The molecule has 0 saturated heterocycles. The number of hydrogen-bond donors (Lipinski definition) is 5. The van der Waals surface area contributed by atoms with Crippen molar-refractivity contribution in [1.82, 2.24) is 16.0 Å². The number of carboxylic acids is 1. The number of aliphatic carboxylic acids is 1. The number of aliphatic hydroxyl groups excluding tert-OH is 1. The molecule has 0 aromatic carbocycles. The van der Waals surface area contributed by atoms with E-state index in [4.69, 9.17) is 10.2 Å². The maximum atomic E-state index is 11.1. The van der Waals surface area contributed by atoms with Gasteiger partial charge in [0.15, 0.2) is 6.04 Å². The zero-order valence-electron chi connectivity index (χ0n) is 9.32. The van der Waals surface area contributed by atoms with Crippen LogP contribution in [0.1, 0.15) is 13.3 Å². The molecule has 1 atom stereocenters. The fourth-order valence-electron chi connectivity index (χ4n) is 0.987. The van der Waals surface area contributed by atoms with Gasteiger partial charge < -0.3 is 26.2 Å². The van der Waals surface area contributed by atoms with Gasteiger partial charge in [0.05, 0.1) is 6.61 Å². The van der Waals surface area contributed by atoms with Crippen LogP contribution in [0.15, 0.2) is 0 Å². The second kappa shape index (κ2) is 8.93. The molecule has 7 heteroatoms. The van der Waals surface area contributed by atoms with Crippen molar-refractivity contribution < 1.29 is 19.8 Å². The minimum absolute atomic E-state index is 0.455. The van der Waals surface area contributed by atoms with Crippen LogP contribution in [-0.2, 0) is 4.79 Å². The zero-order chi connectivity index (χ0) is 12.4. The molecule has 0 aromatic rings. The molecule has 16 heavy (non-hydrogen) atoms. The Hall–Kier alpha value is -1.34. The molecule has 1 unspecified atom stereocenters. The van der Waals surface area contributed by atoms with E-state index < -0.39 is 24.6 Å². The zero-order valence-corrected chi connectivity index (χ0v) is 9.32. The summed E-state index contributed by atoms with van der Waals surface area (Å²) in [4.78, 5) is 21.6. The molecule has 0 aliphatic rings. The highest BCUT2D eigenvalue weighted by atomic mass is 16.4. The van der Waals surface area contributed by atoms with Crippen LogP contribution in [-0.4, -0.2) is 54.5 Å². The first-order valence-electron chi connectivity index (χ1n) is 5.20. The van der Waals surface area contributed by atoms with E-state index in [1.807, 2.05) is 6.92 Å². The topological polar surface area (TPSA) is 111 Å². The van der Waals surface area contributed by atoms with Crippen LogP contribution in [0.3, 0.4) is 0 Å². The maximum absolute atomic E-state index is 11.1. The number of carbonyl (C=O) groups excluding carboxylic acids is 1. The fourth-order valence-corrected chi connectivity index (χ4v) is 0.987. The van der Waals surface area contributed by atoms with Gasteiger partial charge in [0.1, 0.15) is 0 Å². The number of rotatable bonds is 8. The van der Waals surface area contributed by atoms with Crippen molar-refractivity contribution in [3.8, 4) is 0 Å². The van der Waals surface area contributed by atoms with E-state index in [1.54, 1.807) is 0 Å². The quantitative estimate of drug-likeness (QED) is 0.336. The van der Waals surface area contributed by atoms with Gasteiger partial charge in [-0.05, 0) is 19.5 Å². The number of aliphatic hydroxyl groups is 1. The van der Waals surface area contributed by atoms with Crippen molar-refractivity contribution in [3.63, 3.8) is 0 Å². The number of carboxylic acid groups (broad SMARTS) is 1. The van der Waals surface area contributed by atoms with E-state index in [0.717, 1.165) is 19.5 Å². The van der Waals surface area contributed by atoms with Gasteiger partial charge in [0.2, 0.25) is 0 Å². The number of carbonyl (C=O) groups is 2. The van der Waals surface area contributed by atoms with E-state index >= 15 is 0 Å². The van der Waals surface area contributed by atoms with Crippen LogP contribution < -0.4 is 16.0 Å². The lowest BCUT2D eigenvalue weighted by atomic mass is 10.3. The smallest absolute Gasteiger partial charge is 0.328 e. The SMILES string of the molecule is CCNCCCNC(=O)NC(CO)C(=O)O. The lowest BCUT2D eigenvalue weighted by Gasteiger charge is -2.12. The Bertz CT molecular complexity index is 223. The van der Waals surface area contributed by atoms with Crippen molar-refractivity contribution in [2.45, 2.75) is 19.4 Å². The minimum Gasteiger partial charge on any atom is -0.480 e. The van der Waals surface area contributed by atoms with Crippen LogP contribution in [0.4, 0.5) is 4.79 Å². The molecular formula is C9H19N3O4. The van der Waals surface area contributed by atoms with Gasteiger partial charge in [-0.2, -0.15) is 0 Å². The standard InChI is InChI=1S/C9H19N3O4/c1-2-10-4-3-5-11-9(16)12-7(6-13)8(14)15/h7,10,13H,2-6H2,1H3,(H,14,15)(H2,11,12,16). The van der Waals surface area contributed by atoms with Gasteiger partial charge in [0, 0.05) is 6.54 Å². The summed E-state index contributed by atoms with van der Waals surface area (Å²) in [6, 6.07) is -1.84. The van der Waals surface area contributed by atoms with Gasteiger partial charge in [-0.1, -0.05) is 6.92 Å². The van der Waals surface area contributed by atoms with Crippen molar-refractivity contribution in [2.75, 3.05) is 26.2 Å². The Labute approximate surface area is 94.2 Å². The van der Waals surface area contributed by atoms with Crippen LogP contribution >= 0.6 is 0 Å². The summed E-state index contributed by atoms with van der Waals surface area (Å²) < 4.78 is 0. The van der Waals surface area contributed by atoms with Gasteiger partial charge >= 0.3 is 12.0 Å². The highest BCUT2D eigenvalue weighted by molar-refractivity contribution is 5.82. The number of urea groups is 1. The Kier molecular flexibility index (Phi) is 8.18. The molecule has 0 aromatic heterocycles. The van der Waals surface area contributed by atoms with Gasteiger partial charge in [-0.25, -0.2) is 9.59 Å². The average molecular weight is 233 g/mol. The molecule has 0 radical (unpaired) electrons. The second-order valence-electron chi connectivity index (χ2n) is 3.18. The van der Waals surface area contributed by atoms with Gasteiger partial charge in [-0.3, -0.25) is 0 Å². The average Bonchev–Trinajstić information content (AvgIpc) is 2.25. The van der Waals surface area contributed by atoms with E-state index in [1.165, 1.54) is 0 Å². The predicted octanol–water partition coefficient (Wildman–Crippen LogP) is -1.27. The third-order valence-corrected chi connectivity index (χ3v) is 1.85. The normalized spacial score (nSPS) is 11.9. The van der Waals surface area contributed by atoms with E-state index in [0.29, 0.717) is 6.54 Å². The first-order chi connectivity index (χ1) is 7.61. The minimum atomic E-state index is -1.26. The van der Waals surface area contributed by atoms with Gasteiger partial charge in [0.25, 0.3) is 0 Å². The first kappa shape index (κ1) is 14.7. The Morgan fingerprint density at radius 2 is 2.00 bits per heavy atom. The molecule has 0 bridgehead atoms. The Morgan fingerprint density at radius 3 is 2.50 bits per heavy atom. The Morgan fingerprint density at radius 1 is 1.31 bits per heavy atom. The van der Waals surface area contributed by atoms with Gasteiger partial charge in [-0.15, -0.1) is 0 Å². The number of hydrogen-bond acceptors (Lipinski definition) is 4.